The van der Waals surface area contributed by atoms with Gasteiger partial charge in [0.25, 0.3) is 0 Å². The van der Waals surface area contributed by atoms with E-state index >= 15 is 0 Å². The molecule has 0 saturated heterocycles. The molecule has 112 valence electrons. The molecule has 0 saturated carbocycles. The molecule has 0 aliphatic heterocycles. The van der Waals surface area contributed by atoms with E-state index in [1.54, 1.807) is 4.68 Å². The molecule has 4 nitrogen and oxygen atoms in total. The number of ether oxygens (including phenoxy) is 1. The molecule has 21 heavy (non-hydrogen) atoms. The molecule has 0 spiro atoms. The molecule has 6 heteroatoms. The number of benzene rings is 1. The Morgan fingerprint density at radius 1 is 1.48 bits per heavy atom. The minimum atomic E-state index is -0.456. The largest absolute Gasteiger partial charge is 0.487 e. The van der Waals surface area contributed by atoms with Crippen molar-refractivity contribution in [3.8, 4) is 5.75 Å². The molecule has 1 aromatic heterocycles. The Balaban J connectivity index is 2.25. The molecule has 2 aromatic rings. The summed E-state index contributed by atoms with van der Waals surface area (Å²) in [6, 6.07) is 3.93. The second-order valence-corrected chi connectivity index (χ2v) is 5.46. The first-order chi connectivity index (χ1) is 9.93. The van der Waals surface area contributed by atoms with E-state index in [1.165, 1.54) is 25.1 Å². The lowest BCUT2D eigenvalue weighted by Crippen LogP contribution is -2.06. The SMILES string of the molecule is CCc1nn(C)c(COc2ccc(F)cc2C(C)=O)c1Br. The second-order valence-electron chi connectivity index (χ2n) is 4.67. The average Bonchev–Trinajstić information content (AvgIpc) is 2.72. The molecule has 0 aliphatic rings. The van der Waals surface area contributed by atoms with Gasteiger partial charge in [-0.3, -0.25) is 9.48 Å². The zero-order valence-electron chi connectivity index (χ0n) is 12.1. The maximum Gasteiger partial charge on any atom is 0.163 e. The van der Waals surface area contributed by atoms with Gasteiger partial charge in [0.05, 0.1) is 21.4 Å². The van der Waals surface area contributed by atoms with Crippen LogP contribution in [0.4, 0.5) is 4.39 Å². The highest BCUT2D eigenvalue weighted by Crippen LogP contribution is 2.25. The van der Waals surface area contributed by atoms with Crippen molar-refractivity contribution in [2.75, 3.05) is 0 Å². The van der Waals surface area contributed by atoms with Crippen molar-refractivity contribution in [1.82, 2.24) is 9.78 Å². The summed E-state index contributed by atoms with van der Waals surface area (Å²) in [5, 5.41) is 4.38. The maximum atomic E-state index is 13.2. The van der Waals surface area contributed by atoms with Crippen molar-refractivity contribution in [2.45, 2.75) is 26.9 Å². The smallest absolute Gasteiger partial charge is 0.163 e. The highest BCUT2D eigenvalue weighted by atomic mass is 79.9. The Kier molecular flexibility index (Phi) is 4.77. The summed E-state index contributed by atoms with van der Waals surface area (Å²) in [6.07, 6.45) is 0.809. The van der Waals surface area contributed by atoms with Crippen LogP contribution in [0.25, 0.3) is 0 Å². The number of ketones is 1. The van der Waals surface area contributed by atoms with Gasteiger partial charge in [0, 0.05) is 7.05 Å². The van der Waals surface area contributed by atoms with Crippen LogP contribution in [-0.4, -0.2) is 15.6 Å². The Hall–Kier alpha value is -1.69. The van der Waals surface area contributed by atoms with Gasteiger partial charge in [-0.2, -0.15) is 5.10 Å². The van der Waals surface area contributed by atoms with Gasteiger partial charge in [-0.1, -0.05) is 6.92 Å². The van der Waals surface area contributed by atoms with Gasteiger partial charge in [-0.15, -0.1) is 0 Å². The van der Waals surface area contributed by atoms with E-state index in [0.29, 0.717) is 5.75 Å². The molecule has 1 heterocycles. The zero-order valence-corrected chi connectivity index (χ0v) is 13.7. The van der Waals surface area contributed by atoms with E-state index in [-0.39, 0.29) is 18.0 Å². The highest BCUT2D eigenvalue weighted by Gasteiger charge is 2.15. The molecule has 0 bridgehead atoms. The number of nitrogens with zero attached hydrogens (tertiary/aromatic N) is 2. The third-order valence-electron chi connectivity index (χ3n) is 3.19. The average molecular weight is 355 g/mol. The Bertz CT molecular complexity index is 683. The molecule has 0 aliphatic carbocycles. The molecule has 0 amide bonds. The normalized spacial score (nSPS) is 10.7. The summed E-state index contributed by atoms with van der Waals surface area (Å²) in [7, 11) is 1.83. The van der Waals surface area contributed by atoms with E-state index in [4.69, 9.17) is 4.74 Å². The number of aromatic nitrogens is 2. The first kappa shape index (κ1) is 15.7. The lowest BCUT2D eigenvalue weighted by atomic mass is 10.1. The fourth-order valence-corrected chi connectivity index (χ4v) is 2.76. The molecule has 0 atom stereocenters. The maximum absolute atomic E-state index is 13.2. The molecule has 2 rings (SSSR count). The predicted octanol–water partition coefficient (Wildman–Crippen LogP) is 3.67. The minimum absolute atomic E-state index is 0.234. The van der Waals surface area contributed by atoms with Gasteiger partial charge in [0.1, 0.15) is 18.2 Å². The van der Waals surface area contributed by atoms with Crippen LogP contribution < -0.4 is 4.74 Å². The fraction of sp³-hybridized carbons (Fsp3) is 0.333. The van der Waals surface area contributed by atoms with Crippen molar-refractivity contribution in [3.05, 3.63) is 45.4 Å². The number of hydrogen-bond acceptors (Lipinski definition) is 3. The molecule has 0 N–H and O–H groups in total. The minimum Gasteiger partial charge on any atom is -0.487 e. The van der Waals surface area contributed by atoms with Crippen molar-refractivity contribution in [2.24, 2.45) is 7.05 Å². The first-order valence-electron chi connectivity index (χ1n) is 6.57. The lowest BCUT2D eigenvalue weighted by molar-refractivity contribution is 0.101. The lowest BCUT2D eigenvalue weighted by Gasteiger charge is -2.10. The predicted molar refractivity (Wildman–Crippen MR) is 81.0 cm³/mol. The van der Waals surface area contributed by atoms with E-state index in [0.717, 1.165) is 22.3 Å². The fourth-order valence-electron chi connectivity index (χ4n) is 2.03. The quantitative estimate of drug-likeness (QED) is 0.769. The van der Waals surface area contributed by atoms with Crippen LogP contribution in [0, 0.1) is 5.82 Å². The van der Waals surface area contributed by atoms with Gasteiger partial charge in [0.15, 0.2) is 5.78 Å². The second kappa shape index (κ2) is 6.39. The van der Waals surface area contributed by atoms with Crippen LogP contribution in [0.3, 0.4) is 0 Å². The molecular formula is C15H16BrFN2O2. The number of carbonyl (C=O) groups excluding carboxylic acids is 1. The number of Topliss-reactive ketones (excluding diaryl/α,β-unsaturated/α-hetero) is 1. The topological polar surface area (TPSA) is 44.1 Å². The molecular weight excluding hydrogens is 339 g/mol. The summed E-state index contributed by atoms with van der Waals surface area (Å²) >= 11 is 3.50. The van der Waals surface area contributed by atoms with Crippen LogP contribution in [-0.2, 0) is 20.1 Å². The summed E-state index contributed by atoms with van der Waals surface area (Å²) < 4.78 is 21.5. The number of hydrogen-bond donors (Lipinski definition) is 0. The summed E-state index contributed by atoms with van der Waals surface area (Å²) in [6.45, 7) is 3.65. The van der Waals surface area contributed by atoms with E-state index < -0.39 is 5.82 Å². The van der Waals surface area contributed by atoms with Crippen LogP contribution in [0.15, 0.2) is 22.7 Å². The summed E-state index contributed by atoms with van der Waals surface area (Å²) in [5.74, 6) is -0.319. The third kappa shape index (κ3) is 3.32. The third-order valence-corrected chi connectivity index (χ3v) is 4.10. The molecule has 0 unspecified atom stereocenters. The van der Waals surface area contributed by atoms with Crippen LogP contribution >= 0.6 is 15.9 Å². The Morgan fingerprint density at radius 2 is 2.19 bits per heavy atom. The van der Waals surface area contributed by atoms with E-state index in [9.17, 15) is 9.18 Å². The van der Waals surface area contributed by atoms with Crippen LogP contribution in [0.5, 0.6) is 5.75 Å². The zero-order chi connectivity index (χ0) is 15.6. The molecule has 1 aromatic carbocycles. The number of carbonyl (C=O) groups is 1. The first-order valence-corrected chi connectivity index (χ1v) is 7.36. The number of rotatable bonds is 5. The van der Waals surface area contributed by atoms with E-state index in [2.05, 4.69) is 21.0 Å². The van der Waals surface area contributed by atoms with Gasteiger partial charge >= 0.3 is 0 Å². The standard InChI is InChI=1S/C15H16BrFN2O2/c1-4-12-15(16)13(19(3)18-12)8-21-14-6-5-10(17)7-11(14)9(2)20/h5-7H,4,8H2,1-3H3. The van der Waals surface area contributed by atoms with Gasteiger partial charge in [-0.25, -0.2) is 4.39 Å². The van der Waals surface area contributed by atoms with Gasteiger partial charge in [0.2, 0.25) is 0 Å². The Morgan fingerprint density at radius 3 is 2.76 bits per heavy atom. The van der Waals surface area contributed by atoms with Crippen molar-refractivity contribution in [3.63, 3.8) is 0 Å². The Labute approximate surface area is 131 Å². The summed E-state index contributed by atoms with van der Waals surface area (Å²) in [4.78, 5) is 11.5. The van der Waals surface area contributed by atoms with Crippen LogP contribution in [0.1, 0.15) is 35.6 Å². The summed E-state index contributed by atoms with van der Waals surface area (Å²) in [5.41, 5.74) is 2.05. The molecule has 0 radical (unpaired) electrons. The van der Waals surface area contributed by atoms with Gasteiger partial charge in [-0.05, 0) is 47.5 Å². The van der Waals surface area contributed by atoms with E-state index in [1.807, 2.05) is 14.0 Å². The van der Waals surface area contributed by atoms with Crippen molar-refractivity contribution in [1.29, 1.82) is 0 Å². The monoisotopic (exact) mass is 354 g/mol. The van der Waals surface area contributed by atoms with Crippen molar-refractivity contribution >= 4 is 21.7 Å². The van der Waals surface area contributed by atoms with Gasteiger partial charge < -0.3 is 4.74 Å². The van der Waals surface area contributed by atoms with Crippen LogP contribution in [0.2, 0.25) is 0 Å². The highest BCUT2D eigenvalue weighted by molar-refractivity contribution is 9.10. The van der Waals surface area contributed by atoms with Crippen molar-refractivity contribution < 1.29 is 13.9 Å². The molecule has 0 fully saturated rings. The number of halogens is 2. The number of aryl methyl sites for hydroxylation is 2.